The standard InChI is InChI=1S/C19H18O3/c20-19(21)17-13-15-10-4-5-11-16(15)18(17)22-12-6-9-14-7-2-1-3-8-14/h1-5,7-8,10-11,13,18H,6,9,12H2,(H,20,21). The van der Waals surface area contributed by atoms with Gasteiger partial charge in [0.1, 0.15) is 6.10 Å². The fraction of sp³-hybridized carbons (Fsp3) is 0.211. The number of benzene rings is 2. The van der Waals surface area contributed by atoms with Crippen molar-refractivity contribution < 1.29 is 14.6 Å². The van der Waals surface area contributed by atoms with Crippen LogP contribution in [-0.4, -0.2) is 17.7 Å². The molecule has 0 saturated heterocycles. The molecule has 1 N–H and O–H groups in total. The van der Waals surface area contributed by atoms with Crippen molar-refractivity contribution in [2.45, 2.75) is 18.9 Å². The van der Waals surface area contributed by atoms with Gasteiger partial charge in [0.25, 0.3) is 0 Å². The molecule has 2 aromatic rings. The van der Waals surface area contributed by atoms with E-state index < -0.39 is 12.1 Å². The number of aliphatic carboxylic acids is 1. The average molecular weight is 294 g/mol. The molecule has 3 nitrogen and oxygen atoms in total. The van der Waals surface area contributed by atoms with Crippen LogP contribution in [0, 0.1) is 0 Å². The second-order valence-electron chi connectivity index (χ2n) is 5.37. The molecule has 3 heteroatoms. The van der Waals surface area contributed by atoms with Crippen molar-refractivity contribution in [3.05, 3.63) is 76.9 Å². The minimum atomic E-state index is -0.913. The molecule has 0 heterocycles. The van der Waals surface area contributed by atoms with Gasteiger partial charge >= 0.3 is 5.97 Å². The molecule has 0 bridgehead atoms. The molecular formula is C19H18O3. The number of carboxylic acid groups (broad SMARTS) is 1. The lowest BCUT2D eigenvalue weighted by atomic mass is 10.1. The average Bonchev–Trinajstić information content (AvgIpc) is 2.92. The molecule has 0 fully saturated rings. The van der Waals surface area contributed by atoms with Crippen LogP contribution < -0.4 is 0 Å². The van der Waals surface area contributed by atoms with Crippen molar-refractivity contribution in [2.24, 2.45) is 0 Å². The Morgan fingerprint density at radius 3 is 2.55 bits per heavy atom. The van der Waals surface area contributed by atoms with Crippen LogP contribution in [0.25, 0.3) is 6.08 Å². The lowest BCUT2D eigenvalue weighted by Crippen LogP contribution is -2.12. The second kappa shape index (κ2) is 6.58. The number of hydrogen-bond acceptors (Lipinski definition) is 2. The number of rotatable bonds is 6. The minimum absolute atomic E-state index is 0.320. The van der Waals surface area contributed by atoms with E-state index in [4.69, 9.17) is 4.74 Å². The van der Waals surface area contributed by atoms with Gasteiger partial charge in [0.2, 0.25) is 0 Å². The van der Waals surface area contributed by atoms with Gasteiger partial charge in [-0.15, -0.1) is 0 Å². The largest absolute Gasteiger partial charge is 0.478 e. The van der Waals surface area contributed by atoms with E-state index in [2.05, 4.69) is 12.1 Å². The van der Waals surface area contributed by atoms with Crippen molar-refractivity contribution in [2.75, 3.05) is 6.61 Å². The lowest BCUT2D eigenvalue weighted by molar-refractivity contribution is -0.134. The molecule has 0 amide bonds. The summed E-state index contributed by atoms with van der Waals surface area (Å²) in [7, 11) is 0. The third kappa shape index (κ3) is 3.10. The van der Waals surface area contributed by atoms with Gasteiger partial charge in [-0.2, -0.15) is 0 Å². The van der Waals surface area contributed by atoms with Gasteiger partial charge in [0, 0.05) is 6.61 Å². The highest BCUT2D eigenvalue weighted by Crippen LogP contribution is 2.37. The summed E-state index contributed by atoms with van der Waals surface area (Å²) in [6.07, 6.45) is 3.06. The molecule has 0 radical (unpaired) electrons. The summed E-state index contributed by atoms with van der Waals surface area (Å²) in [5.74, 6) is -0.913. The fourth-order valence-corrected chi connectivity index (χ4v) is 2.77. The van der Waals surface area contributed by atoms with Crippen LogP contribution in [0.15, 0.2) is 60.2 Å². The highest BCUT2D eigenvalue weighted by Gasteiger charge is 2.29. The van der Waals surface area contributed by atoms with Crippen molar-refractivity contribution in [1.82, 2.24) is 0 Å². The van der Waals surface area contributed by atoms with Crippen LogP contribution in [0.3, 0.4) is 0 Å². The normalized spacial score (nSPS) is 16.2. The maximum Gasteiger partial charge on any atom is 0.334 e. The highest BCUT2D eigenvalue weighted by atomic mass is 16.5. The quantitative estimate of drug-likeness (QED) is 0.823. The fourth-order valence-electron chi connectivity index (χ4n) is 2.77. The van der Waals surface area contributed by atoms with Crippen LogP contribution in [0.2, 0.25) is 0 Å². The van der Waals surface area contributed by atoms with E-state index in [-0.39, 0.29) is 0 Å². The lowest BCUT2D eigenvalue weighted by Gasteiger charge is -2.15. The summed E-state index contributed by atoms with van der Waals surface area (Å²) in [6.45, 7) is 0.540. The highest BCUT2D eigenvalue weighted by molar-refractivity contribution is 5.96. The Morgan fingerprint density at radius 1 is 1.05 bits per heavy atom. The van der Waals surface area contributed by atoms with Crippen molar-refractivity contribution >= 4 is 12.0 Å². The first-order valence-corrected chi connectivity index (χ1v) is 7.45. The van der Waals surface area contributed by atoms with Crippen LogP contribution in [0.4, 0.5) is 0 Å². The molecule has 1 aliphatic rings. The van der Waals surface area contributed by atoms with Gasteiger partial charge in [0.05, 0.1) is 5.57 Å². The van der Waals surface area contributed by atoms with Crippen molar-refractivity contribution in [3.63, 3.8) is 0 Å². The Labute approximate surface area is 129 Å². The zero-order valence-electron chi connectivity index (χ0n) is 12.2. The summed E-state index contributed by atoms with van der Waals surface area (Å²) < 4.78 is 5.88. The van der Waals surface area contributed by atoms with Crippen LogP contribution in [0.5, 0.6) is 0 Å². The predicted octanol–water partition coefficient (Wildman–Crippen LogP) is 3.86. The van der Waals surface area contributed by atoms with Crippen LogP contribution in [-0.2, 0) is 16.0 Å². The first kappa shape index (κ1) is 14.5. The summed E-state index contributed by atoms with van der Waals surface area (Å²) >= 11 is 0. The summed E-state index contributed by atoms with van der Waals surface area (Å²) in [5, 5.41) is 9.34. The topological polar surface area (TPSA) is 46.5 Å². The van der Waals surface area contributed by atoms with Gasteiger partial charge in [-0.1, -0.05) is 54.6 Å². The Kier molecular flexibility index (Phi) is 4.35. The molecule has 0 aliphatic heterocycles. The van der Waals surface area contributed by atoms with Gasteiger partial charge in [-0.05, 0) is 35.6 Å². The SMILES string of the molecule is O=C(O)C1=Cc2ccccc2C1OCCCc1ccccc1. The van der Waals surface area contributed by atoms with Gasteiger partial charge < -0.3 is 9.84 Å². The number of fused-ring (bicyclic) bond motifs is 1. The van der Waals surface area contributed by atoms with Crippen LogP contribution >= 0.6 is 0 Å². The Bertz CT molecular complexity index is 689. The van der Waals surface area contributed by atoms with Crippen molar-refractivity contribution in [3.8, 4) is 0 Å². The number of hydrogen-bond donors (Lipinski definition) is 1. The van der Waals surface area contributed by atoms with Crippen LogP contribution in [0.1, 0.15) is 29.2 Å². The molecule has 0 spiro atoms. The Morgan fingerprint density at radius 2 is 1.77 bits per heavy atom. The van der Waals surface area contributed by atoms with Gasteiger partial charge in [-0.25, -0.2) is 4.79 Å². The maximum absolute atomic E-state index is 11.4. The molecule has 1 unspecified atom stereocenters. The smallest absolute Gasteiger partial charge is 0.334 e. The predicted molar refractivity (Wildman–Crippen MR) is 85.5 cm³/mol. The Hall–Kier alpha value is -2.39. The molecule has 3 rings (SSSR count). The third-order valence-electron chi connectivity index (χ3n) is 3.86. The third-order valence-corrected chi connectivity index (χ3v) is 3.86. The molecule has 112 valence electrons. The van der Waals surface area contributed by atoms with E-state index in [0.29, 0.717) is 12.2 Å². The molecule has 1 aliphatic carbocycles. The minimum Gasteiger partial charge on any atom is -0.478 e. The first-order valence-electron chi connectivity index (χ1n) is 7.45. The van der Waals surface area contributed by atoms with E-state index in [1.165, 1.54) is 5.56 Å². The van der Waals surface area contributed by atoms with E-state index in [9.17, 15) is 9.90 Å². The molecule has 0 saturated carbocycles. The monoisotopic (exact) mass is 294 g/mol. The molecule has 1 atom stereocenters. The van der Waals surface area contributed by atoms with Gasteiger partial charge in [0.15, 0.2) is 0 Å². The first-order chi connectivity index (χ1) is 10.8. The zero-order valence-corrected chi connectivity index (χ0v) is 12.2. The summed E-state index contributed by atoms with van der Waals surface area (Å²) in [6, 6.07) is 17.9. The number of aryl methyl sites for hydroxylation is 1. The summed E-state index contributed by atoms with van der Waals surface area (Å²) in [4.78, 5) is 11.4. The zero-order chi connectivity index (χ0) is 15.4. The number of ether oxygens (including phenoxy) is 1. The van der Waals surface area contributed by atoms with Gasteiger partial charge in [-0.3, -0.25) is 0 Å². The maximum atomic E-state index is 11.4. The van der Waals surface area contributed by atoms with E-state index in [1.54, 1.807) is 6.08 Å². The summed E-state index contributed by atoms with van der Waals surface area (Å²) in [5.41, 5.74) is 3.47. The van der Waals surface area contributed by atoms with E-state index in [0.717, 1.165) is 24.0 Å². The number of carbonyl (C=O) groups is 1. The second-order valence-corrected chi connectivity index (χ2v) is 5.37. The Balaban J connectivity index is 1.61. The van der Waals surface area contributed by atoms with Crippen molar-refractivity contribution in [1.29, 1.82) is 0 Å². The number of carboxylic acids is 1. The molecule has 22 heavy (non-hydrogen) atoms. The van der Waals surface area contributed by atoms with E-state index in [1.807, 2.05) is 42.5 Å². The molecule has 2 aromatic carbocycles. The molecular weight excluding hydrogens is 276 g/mol. The molecule has 0 aromatic heterocycles. The van der Waals surface area contributed by atoms with E-state index >= 15 is 0 Å².